The molecule has 22 aromatic rings. The largest absolute Gasteiger partial charge is 0.278 e. The molecule has 576 valence electrons. The lowest BCUT2D eigenvalue weighted by Gasteiger charge is -2.11. The molecule has 0 fully saturated rings. The third-order valence-corrected chi connectivity index (χ3v) is 21.3. The van der Waals surface area contributed by atoms with Gasteiger partial charge in [0.1, 0.15) is 23.3 Å². The zero-order chi connectivity index (χ0) is 81.5. The molecule has 0 spiro atoms. The summed E-state index contributed by atoms with van der Waals surface area (Å²) < 4.78 is 6.39. The predicted molar refractivity (Wildman–Crippen MR) is 490 cm³/mol. The van der Waals surface area contributed by atoms with Crippen LogP contribution in [0.15, 0.2) is 394 Å². The molecule has 15 aromatic carbocycles. The zero-order valence-corrected chi connectivity index (χ0v) is 66.7. The Balaban J connectivity index is 0.000000107. The van der Waals surface area contributed by atoms with Gasteiger partial charge >= 0.3 is 0 Å². The van der Waals surface area contributed by atoms with Crippen LogP contribution in [0.25, 0.3) is 185 Å². The lowest BCUT2D eigenvalue weighted by molar-refractivity contribution is 0.855. The fourth-order valence-electron chi connectivity index (χ4n) is 15.7. The van der Waals surface area contributed by atoms with E-state index >= 15 is 0 Å². The van der Waals surface area contributed by atoms with Crippen LogP contribution in [0, 0.1) is 27.7 Å². The molecule has 121 heavy (non-hydrogen) atoms. The molecule has 0 saturated carbocycles. The Morgan fingerprint density at radius 3 is 0.636 bits per heavy atom. The number of para-hydroxylation sites is 6. The number of fused-ring (bicyclic) bond motifs is 9. The monoisotopic (exact) mass is 1560 g/mol. The molecular weight excluding hydrogens is 1480 g/mol. The molecule has 7 aromatic heterocycles. The van der Waals surface area contributed by atoms with E-state index in [0.29, 0.717) is 70.3 Å². The van der Waals surface area contributed by atoms with E-state index in [1.54, 1.807) is 0 Å². The van der Waals surface area contributed by atoms with Crippen molar-refractivity contribution >= 4 is 65.4 Å². The van der Waals surface area contributed by atoms with Gasteiger partial charge in [-0.25, -0.2) is 34.9 Å². The number of aryl methyl sites for hydroxylation is 4. The summed E-state index contributed by atoms with van der Waals surface area (Å²) in [5, 5.41) is 7.13. The van der Waals surface area contributed by atoms with Crippen molar-refractivity contribution < 1.29 is 0 Å². The van der Waals surface area contributed by atoms with Gasteiger partial charge in [-0.05, 0) is 121 Å². The SMILES string of the molecule is Cc1nc(-c2ccc(-c3ccccc3)cc2)nc(-c2ccc(-c3ccccc3)cc2)n1.Cc1nc(-c2cccc(-c3ccccc3)c2)nc(-c2cccc(-c3ccccc3)c2)n1.Cc1nc(-c2ccccc2)nc(-n2c3ccccc3c3ccccc32)n1.Cc1nc(-n2c3ccccc3c3ccccc32)nc(-n2c3ccccc3c3ccccc32)n1. The standard InChI is InChI=1S/C28H19N5.2C28H21N3.C22H16N4/c1-18-29-27(32-23-14-6-2-10-19(23)20-11-3-7-15-24(20)32)31-28(30-18)33-25-16-8-4-12-21(25)22-13-5-9-17-26(22)33;1-20-29-27(25-16-8-14-23(18-25)21-10-4-2-5-11-21)31-28(30-20)26-17-9-15-24(19-26)22-12-6-3-7-13-22;1-20-29-27(25-16-12-23(13-17-25)21-8-4-2-5-9-21)31-28(30-20)26-18-14-24(15-19-26)22-10-6-3-7-11-22;1-15-23-21(16-9-3-2-4-10-16)25-22(24-15)26-19-13-7-5-11-17(19)18-12-6-8-14-20(18)26/h2-17H,1H3;2*2-19H,1H3;2-14H,1H3. The highest BCUT2D eigenvalue weighted by Gasteiger charge is 2.21. The third-order valence-electron chi connectivity index (χ3n) is 21.3. The molecule has 0 aliphatic heterocycles. The Hall–Kier alpha value is -16.3. The van der Waals surface area contributed by atoms with E-state index in [-0.39, 0.29) is 0 Å². The van der Waals surface area contributed by atoms with Crippen molar-refractivity contribution in [1.82, 2.24) is 73.5 Å². The van der Waals surface area contributed by atoms with Crippen molar-refractivity contribution in [2.45, 2.75) is 27.7 Å². The highest BCUT2D eigenvalue weighted by Crippen LogP contribution is 2.37. The molecule has 0 aliphatic rings. The molecule has 0 atom stereocenters. The van der Waals surface area contributed by atoms with Gasteiger partial charge in [0, 0.05) is 60.1 Å². The second kappa shape index (κ2) is 33.5. The maximum Gasteiger partial charge on any atom is 0.239 e. The Labute approximate surface area is 699 Å². The minimum Gasteiger partial charge on any atom is -0.278 e. The van der Waals surface area contributed by atoms with E-state index in [4.69, 9.17) is 29.9 Å². The van der Waals surface area contributed by atoms with Gasteiger partial charge in [-0.15, -0.1) is 0 Å². The molecule has 0 unspecified atom stereocenters. The first-order chi connectivity index (χ1) is 59.6. The van der Waals surface area contributed by atoms with E-state index in [9.17, 15) is 0 Å². The van der Waals surface area contributed by atoms with Crippen molar-refractivity contribution in [1.29, 1.82) is 0 Å². The highest BCUT2D eigenvalue weighted by molar-refractivity contribution is 6.11. The van der Waals surface area contributed by atoms with E-state index in [0.717, 1.165) is 72.0 Å². The Kier molecular flexibility index (Phi) is 20.7. The Bertz CT molecular complexity index is 6990. The van der Waals surface area contributed by atoms with Gasteiger partial charge in [0.2, 0.25) is 17.8 Å². The summed E-state index contributed by atoms with van der Waals surface area (Å²) in [5.74, 6) is 8.13. The summed E-state index contributed by atoms with van der Waals surface area (Å²) >= 11 is 0. The van der Waals surface area contributed by atoms with Crippen molar-refractivity contribution in [3.05, 3.63) is 418 Å². The van der Waals surface area contributed by atoms with Crippen LogP contribution in [0.2, 0.25) is 0 Å². The Morgan fingerprint density at radius 2 is 0.331 bits per heavy atom. The van der Waals surface area contributed by atoms with Crippen LogP contribution in [0.5, 0.6) is 0 Å². The smallest absolute Gasteiger partial charge is 0.239 e. The van der Waals surface area contributed by atoms with Gasteiger partial charge in [0.05, 0.1) is 33.1 Å². The number of nitrogens with zero attached hydrogens (tertiary/aromatic N) is 15. The number of benzene rings is 15. The van der Waals surface area contributed by atoms with E-state index in [2.05, 4.69) is 298 Å². The van der Waals surface area contributed by atoms with Crippen molar-refractivity contribution in [3.63, 3.8) is 0 Å². The molecule has 15 nitrogen and oxygen atoms in total. The van der Waals surface area contributed by atoms with Crippen LogP contribution >= 0.6 is 0 Å². The molecular formula is C106H77N15. The summed E-state index contributed by atoms with van der Waals surface area (Å²) in [6, 6.07) is 135. The van der Waals surface area contributed by atoms with Gasteiger partial charge < -0.3 is 0 Å². The normalized spacial score (nSPS) is 11.1. The maximum atomic E-state index is 5.02. The second-order valence-electron chi connectivity index (χ2n) is 29.3. The lowest BCUT2D eigenvalue weighted by atomic mass is 10.0. The minimum absolute atomic E-state index is 0.622. The van der Waals surface area contributed by atoms with Crippen LogP contribution < -0.4 is 0 Å². The molecule has 0 N–H and O–H groups in total. The summed E-state index contributed by atoms with van der Waals surface area (Å²) in [5.41, 5.74) is 20.8. The van der Waals surface area contributed by atoms with Crippen LogP contribution in [0.1, 0.15) is 23.3 Å². The number of hydrogen-bond donors (Lipinski definition) is 0. The van der Waals surface area contributed by atoms with Crippen molar-refractivity contribution in [2.24, 2.45) is 0 Å². The first kappa shape index (κ1) is 74.8. The molecule has 15 heteroatoms. The summed E-state index contributed by atoms with van der Waals surface area (Å²) in [7, 11) is 0. The van der Waals surface area contributed by atoms with Crippen molar-refractivity contribution in [3.8, 4) is 119 Å². The van der Waals surface area contributed by atoms with Crippen LogP contribution in [-0.2, 0) is 0 Å². The summed E-state index contributed by atoms with van der Waals surface area (Å²) in [6.45, 7) is 7.66. The van der Waals surface area contributed by atoms with Crippen LogP contribution in [-0.4, -0.2) is 73.5 Å². The minimum atomic E-state index is 0.622. The summed E-state index contributed by atoms with van der Waals surface area (Å²) in [6.07, 6.45) is 0. The predicted octanol–water partition coefficient (Wildman–Crippen LogP) is 25.0. The lowest BCUT2D eigenvalue weighted by Crippen LogP contribution is -2.10. The van der Waals surface area contributed by atoms with Crippen LogP contribution in [0.3, 0.4) is 0 Å². The fraction of sp³-hybridized carbons (Fsp3) is 0.0377. The molecule has 0 radical (unpaired) electrons. The Morgan fingerprint density at radius 1 is 0.140 bits per heavy atom. The quantitative estimate of drug-likeness (QED) is 0.114. The molecule has 0 bridgehead atoms. The fourth-order valence-corrected chi connectivity index (χ4v) is 15.7. The molecule has 0 amide bonds. The average molecular weight is 1560 g/mol. The van der Waals surface area contributed by atoms with Crippen LogP contribution in [0.4, 0.5) is 0 Å². The average Bonchev–Trinajstić information content (AvgIpc) is 1.57. The van der Waals surface area contributed by atoms with Gasteiger partial charge in [-0.2, -0.15) is 24.9 Å². The topological polar surface area (TPSA) is 169 Å². The molecule has 0 aliphatic carbocycles. The van der Waals surface area contributed by atoms with Gasteiger partial charge in [-0.1, -0.05) is 346 Å². The van der Waals surface area contributed by atoms with E-state index < -0.39 is 0 Å². The first-order valence-corrected chi connectivity index (χ1v) is 40.2. The number of aromatic nitrogens is 15. The molecule has 22 rings (SSSR count). The maximum absolute atomic E-state index is 5.02. The van der Waals surface area contributed by atoms with Crippen molar-refractivity contribution in [2.75, 3.05) is 0 Å². The van der Waals surface area contributed by atoms with Gasteiger partial charge in [-0.3, -0.25) is 13.7 Å². The van der Waals surface area contributed by atoms with Gasteiger partial charge in [0.15, 0.2) is 29.1 Å². The molecule has 0 saturated heterocycles. The second-order valence-corrected chi connectivity index (χ2v) is 29.3. The number of hydrogen-bond acceptors (Lipinski definition) is 12. The number of rotatable bonds is 12. The first-order valence-electron chi connectivity index (χ1n) is 40.2. The zero-order valence-electron chi connectivity index (χ0n) is 66.7. The third kappa shape index (κ3) is 15.7. The molecule has 7 heterocycles. The van der Waals surface area contributed by atoms with E-state index in [1.165, 1.54) is 65.7 Å². The van der Waals surface area contributed by atoms with Gasteiger partial charge in [0.25, 0.3) is 0 Å². The van der Waals surface area contributed by atoms with E-state index in [1.807, 2.05) is 167 Å². The summed E-state index contributed by atoms with van der Waals surface area (Å²) in [4.78, 5) is 56.5. The highest BCUT2D eigenvalue weighted by atomic mass is 15.3.